The summed E-state index contributed by atoms with van der Waals surface area (Å²) in [4.78, 5) is 21.7. The van der Waals surface area contributed by atoms with Crippen LogP contribution in [-0.2, 0) is 19.1 Å². The summed E-state index contributed by atoms with van der Waals surface area (Å²) in [6.07, 6.45) is 1.49. The second kappa shape index (κ2) is 2.93. The van der Waals surface area contributed by atoms with E-state index in [4.69, 9.17) is 13.9 Å². The van der Waals surface area contributed by atoms with Crippen LogP contribution in [0.3, 0.4) is 0 Å². The summed E-state index contributed by atoms with van der Waals surface area (Å²) in [6.45, 7) is 0. The number of hydrogen-bond donors (Lipinski definition) is 0. The van der Waals surface area contributed by atoms with Gasteiger partial charge in [0.1, 0.15) is 12.7 Å². The van der Waals surface area contributed by atoms with Gasteiger partial charge in [-0.05, 0) is 6.07 Å². The molecule has 0 aromatic carbocycles. The first-order chi connectivity index (χ1) is 6.25. The summed E-state index contributed by atoms with van der Waals surface area (Å²) >= 11 is 0. The highest BCUT2D eigenvalue weighted by Gasteiger charge is 2.29. The van der Waals surface area contributed by atoms with Crippen LogP contribution in [0.1, 0.15) is 18.3 Å². The van der Waals surface area contributed by atoms with Crippen LogP contribution in [0.2, 0.25) is 0 Å². The summed E-state index contributed by atoms with van der Waals surface area (Å²) in [5, 5.41) is 0. The zero-order chi connectivity index (χ0) is 9.26. The van der Waals surface area contributed by atoms with Gasteiger partial charge >= 0.3 is 11.9 Å². The predicted octanol–water partition coefficient (Wildman–Crippen LogP) is 0.768. The van der Waals surface area contributed by atoms with Crippen LogP contribution in [0.25, 0.3) is 0 Å². The maximum Gasteiger partial charge on any atom is 0.320 e. The maximum atomic E-state index is 10.8. The molecule has 0 spiro atoms. The molecule has 2 heterocycles. The Kier molecular flexibility index (Phi) is 1.77. The van der Waals surface area contributed by atoms with Crippen molar-refractivity contribution >= 4 is 11.9 Å². The van der Waals surface area contributed by atoms with Gasteiger partial charge in [-0.25, -0.2) is 0 Å². The van der Waals surface area contributed by atoms with Gasteiger partial charge in [0.05, 0.1) is 11.8 Å². The summed E-state index contributed by atoms with van der Waals surface area (Å²) < 4.78 is 14.3. The third-order valence-electron chi connectivity index (χ3n) is 1.58. The van der Waals surface area contributed by atoms with Crippen LogP contribution in [0, 0.1) is 0 Å². The van der Waals surface area contributed by atoms with Crippen molar-refractivity contribution < 1.29 is 23.5 Å². The van der Waals surface area contributed by atoms with Gasteiger partial charge in [-0.15, -0.1) is 0 Å². The molecule has 1 aliphatic rings. The van der Waals surface area contributed by atoms with Gasteiger partial charge in [-0.1, -0.05) is 0 Å². The number of carbonyl (C=O) groups excluding carboxylic acids is 2. The fourth-order valence-electron chi connectivity index (χ4n) is 1.01. The minimum atomic E-state index is -0.951. The van der Waals surface area contributed by atoms with Crippen LogP contribution in [0.4, 0.5) is 0 Å². The Bertz CT molecular complexity index is 310. The first kappa shape index (κ1) is 7.85. The maximum absolute atomic E-state index is 10.8. The summed E-state index contributed by atoms with van der Waals surface area (Å²) in [6, 6.07) is 1.57. The SMILES string of the molecule is O=C1CC(=O)OC(c2ccoc2)O1. The topological polar surface area (TPSA) is 65.7 Å². The van der Waals surface area contributed by atoms with Crippen molar-refractivity contribution in [2.45, 2.75) is 12.7 Å². The lowest BCUT2D eigenvalue weighted by atomic mass is 10.3. The fourth-order valence-corrected chi connectivity index (χ4v) is 1.01. The van der Waals surface area contributed by atoms with Crippen molar-refractivity contribution in [2.24, 2.45) is 0 Å². The molecule has 0 N–H and O–H groups in total. The number of cyclic esters (lactones) is 2. The molecule has 0 atom stereocenters. The Morgan fingerprint density at radius 2 is 1.92 bits per heavy atom. The normalized spacial score (nSPS) is 18.2. The molecule has 5 nitrogen and oxygen atoms in total. The third kappa shape index (κ3) is 1.53. The summed E-state index contributed by atoms with van der Waals surface area (Å²) in [7, 11) is 0. The molecule has 1 fully saturated rings. The first-order valence-electron chi connectivity index (χ1n) is 3.67. The molecular weight excluding hydrogens is 176 g/mol. The standard InChI is InChI=1S/C8H6O5/c9-6-3-7(10)13-8(12-6)5-1-2-11-4-5/h1-2,4,8H,3H2. The number of hydrogen-bond acceptors (Lipinski definition) is 5. The van der Waals surface area contributed by atoms with E-state index in [1.54, 1.807) is 6.07 Å². The average molecular weight is 182 g/mol. The molecule has 1 saturated heterocycles. The smallest absolute Gasteiger partial charge is 0.320 e. The Balaban J connectivity index is 2.16. The molecule has 0 bridgehead atoms. The lowest BCUT2D eigenvalue weighted by Gasteiger charge is -2.20. The van der Waals surface area contributed by atoms with E-state index in [-0.39, 0.29) is 6.42 Å². The lowest BCUT2D eigenvalue weighted by Crippen LogP contribution is -2.26. The molecular formula is C8H6O5. The van der Waals surface area contributed by atoms with Crippen LogP contribution >= 0.6 is 0 Å². The van der Waals surface area contributed by atoms with Crippen LogP contribution in [0.15, 0.2) is 23.0 Å². The van der Waals surface area contributed by atoms with Crippen molar-refractivity contribution in [1.82, 2.24) is 0 Å². The van der Waals surface area contributed by atoms with Gasteiger partial charge in [0, 0.05) is 0 Å². The van der Waals surface area contributed by atoms with E-state index in [1.165, 1.54) is 12.5 Å². The molecule has 0 aliphatic carbocycles. The van der Waals surface area contributed by atoms with Crippen molar-refractivity contribution in [3.05, 3.63) is 24.2 Å². The minimum absolute atomic E-state index is 0.325. The Hall–Kier alpha value is -1.78. The number of carbonyl (C=O) groups is 2. The molecule has 0 amide bonds. The highest BCUT2D eigenvalue weighted by Crippen LogP contribution is 2.23. The van der Waals surface area contributed by atoms with Crippen molar-refractivity contribution in [3.63, 3.8) is 0 Å². The van der Waals surface area contributed by atoms with Crippen molar-refractivity contribution in [1.29, 1.82) is 0 Å². The molecule has 68 valence electrons. The molecule has 0 radical (unpaired) electrons. The summed E-state index contributed by atoms with van der Waals surface area (Å²) in [5.41, 5.74) is 0.515. The van der Waals surface area contributed by atoms with Gasteiger partial charge in [-0.2, -0.15) is 0 Å². The molecule has 5 heteroatoms. The fraction of sp³-hybridized carbons (Fsp3) is 0.250. The van der Waals surface area contributed by atoms with Crippen molar-refractivity contribution in [2.75, 3.05) is 0 Å². The van der Waals surface area contributed by atoms with Crippen LogP contribution < -0.4 is 0 Å². The van der Waals surface area contributed by atoms with E-state index in [0.29, 0.717) is 5.56 Å². The summed E-state index contributed by atoms with van der Waals surface area (Å²) in [5.74, 6) is -1.16. The quantitative estimate of drug-likeness (QED) is 0.474. The van der Waals surface area contributed by atoms with E-state index < -0.39 is 18.2 Å². The van der Waals surface area contributed by atoms with Gasteiger partial charge in [0.2, 0.25) is 0 Å². The number of furan rings is 1. The zero-order valence-corrected chi connectivity index (χ0v) is 6.56. The van der Waals surface area contributed by atoms with Crippen LogP contribution in [-0.4, -0.2) is 11.9 Å². The minimum Gasteiger partial charge on any atom is -0.472 e. The van der Waals surface area contributed by atoms with E-state index in [0.717, 1.165) is 0 Å². The molecule has 1 aromatic rings. The largest absolute Gasteiger partial charge is 0.472 e. The number of rotatable bonds is 1. The Morgan fingerprint density at radius 3 is 2.46 bits per heavy atom. The monoisotopic (exact) mass is 182 g/mol. The molecule has 0 unspecified atom stereocenters. The first-order valence-corrected chi connectivity index (χ1v) is 3.67. The van der Waals surface area contributed by atoms with Gasteiger partial charge in [0.15, 0.2) is 0 Å². The van der Waals surface area contributed by atoms with E-state index >= 15 is 0 Å². The molecule has 13 heavy (non-hydrogen) atoms. The Labute approximate surface area is 73.2 Å². The average Bonchev–Trinajstić information content (AvgIpc) is 2.53. The lowest BCUT2D eigenvalue weighted by molar-refractivity contribution is -0.205. The van der Waals surface area contributed by atoms with E-state index in [1.807, 2.05) is 0 Å². The number of esters is 2. The second-order valence-electron chi connectivity index (χ2n) is 2.55. The molecule has 1 aliphatic heterocycles. The highest BCUT2D eigenvalue weighted by atomic mass is 16.7. The van der Waals surface area contributed by atoms with Gasteiger partial charge < -0.3 is 13.9 Å². The molecule has 2 rings (SSSR count). The van der Waals surface area contributed by atoms with Gasteiger partial charge in [0.25, 0.3) is 6.29 Å². The Morgan fingerprint density at radius 1 is 1.23 bits per heavy atom. The van der Waals surface area contributed by atoms with Crippen molar-refractivity contribution in [3.8, 4) is 0 Å². The predicted molar refractivity (Wildman–Crippen MR) is 38.3 cm³/mol. The molecule has 1 aromatic heterocycles. The van der Waals surface area contributed by atoms with Crippen LogP contribution in [0.5, 0.6) is 0 Å². The van der Waals surface area contributed by atoms with E-state index in [2.05, 4.69) is 0 Å². The zero-order valence-electron chi connectivity index (χ0n) is 6.56. The highest BCUT2D eigenvalue weighted by molar-refractivity contribution is 5.92. The third-order valence-corrected chi connectivity index (χ3v) is 1.58. The van der Waals surface area contributed by atoms with E-state index in [9.17, 15) is 9.59 Å². The number of ether oxygens (including phenoxy) is 2. The molecule has 0 saturated carbocycles. The second-order valence-corrected chi connectivity index (χ2v) is 2.55. The van der Waals surface area contributed by atoms with Gasteiger partial charge in [-0.3, -0.25) is 9.59 Å².